The summed E-state index contributed by atoms with van der Waals surface area (Å²) in [6.07, 6.45) is 70.8. The van der Waals surface area contributed by atoms with Gasteiger partial charge in [0.15, 0.2) is 6.10 Å². The van der Waals surface area contributed by atoms with Gasteiger partial charge < -0.3 is 14.2 Å². The first kappa shape index (κ1) is 61.1. The lowest BCUT2D eigenvalue weighted by molar-refractivity contribution is -0.166. The van der Waals surface area contributed by atoms with E-state index >= 15 is 0 Å². The van der Waals surface area contributed by atoms with Crippen molar-refractivity contribution in [2.75, 3.05) is 13.2 Å². The Labute approximate surface area is 400 Å². The van der Waals surface area contributed by atoms with Crippen LogP contribution in [0.15, 0.2) is 109 Å². The number of allylic oxidation sites excluding steroid dienone is 18. The third-order valence-corrected chi connectivity index (χ3v) is 10.7. The van der Waals surface area contributed by atoms with Crippen molar-refractivity contribution in [1.82, 2.24) is 0 Å². The van der Waals surface area contributed by atoms with E-state index in [0.29, 0.717) is 19.3 Å². The molecule has 0 saturated heterocycles. The molecule has 0 aromatic carbocycles. The maximum absolute atomic E-state index is 12.8. The van der Waals surface area contributed by atoms with E-state index in [1.807, 2.05) is 6.08 Å². The van der Waals surface area contributed by atoms with Crippen LogP contribution in [-0.2, 0) is 28.6 Å². The first-order valence-corrected chi connectivity index (χ1v) is 26.4. The second-order valence-corrected chi connectivity index (χ2v) is 17.1. The standard InChI is InChI=1S/C59H96O6/c1-4-7-10-13-16-19-22-24-26-28-29-31-33-35-38-40-43-46-49-52-58(61)64-55-56(65-59(62)53-50-47-44-41-36-21-18-15-12-9-6-3)54-63-57(60)51-48-45-42-39-37-34-32-30-27-25-23-20-17-14-11-8-5-2/h15-20,24-27,29,31-32,34-35,38,43,46,56H,4-14,21-23,28,30,33,36-37,39-42,44-45,47-55H2,1-3H3/b18-15-,19-16-,20-17-,26-24-,27-25-,31-29-,34-32-,38-35-,46-43-/t56-/m0/s1. The number of hydrogen-bond donors (Lipinski definition) is 0. The summed E-state index contributed by atoms with van der Waals surface area (Å²) in [5, 5.41) is 0. The van der Waals surface area contributed by atoms with Gasteiger partial charge in [0.05, 0.1) is 0 Å². The highest BCUT2D eigenvalue weighted by molar-refractivity contribution is 5.71. The van der Waals surface area contributed by atoms with E-state index in [0.717, 1.165) is 103 Å². The molecule has 0 saturated carbocycles. The molecule has 0 fully saturated rings. The smallest absolute Gasteiger partial charge is 0.306 e. The van der Waals surface area contributed by atoms with E-state index in [9.17, 15) is 14.4 Å². The van der Waals surface area contributed by atoms with Gasteiger partial charge in [0, 0.05) is 19.3 Å². The summed E-state index contributed by atoms with van der Waals surface area (Å²) in [5.74, 6) is -1.04. The predicted octanol–water partition coefficient (Wildman–Crippen LogP) is 17.5. The molecule has 6 nitrogen and oxygen atoms in total. The molecule has 0 amide bonds. The third kappa shape index (κ3) is 50.9. The summed E-state index contributed by atoms with van der Waals surface area (Å²) in [4.78, 5) is 37.9. The van der Waals surface area contributed by atoms with Gasteiger partial charge in [-0.05, 0) is 116 Å². The summed E-state index contributed by atoms with van der Waals surface area (Å²) in [6.45, 7) is 6.44. The Morgan fingerprint density at radius 3 is 1.02 bits per heavy atom. The summed E-state index contributed by atoms with van der Waals surface area (Å²) in [6, 6.07) is 0. The van der Waals surface area contributed by atoms with Crippen molar-refractivity contribution >= 4 is 17.9 Å². The normalized spacial score (nSPS) is 13.0. The van der Waals surface area contributed by atoms with Crippen LogP contribution >= 0.6 is 0 Å². The van der Waals surface area contributed by atoms with Crippen LogP contribution in [0.1, 0.15) is 226 Å². The predicted molar refractivity (Wildman–Crippen MR) is 279 cm³/mol. The summed E-state index contributed by atoms with van der Waals surface area (Å²) < 4.78 is 16.7. The van der Waals surface area contributed by atoms with Gasteiger partial charge in [-0.3, -0.25) is 14.4 Å². The number of rotatable bonds is 46. The van der Waals surface area contributed by atoms with Gasteiger partial charge in [0.2, 0.25) is 0 Å². The molecule has 0 heterocycles. The largest absolute Gasteiger partial charge is 0.462 e. The Bertz CT molecular complexity index is 1360. The van der Waals surface area contributed by atoms with Gasteiger partial charge in [-0.15, -0.1) is 0 Å². The third-order valence-electron chi connectivity index (χ3n) is 10.7. The van der Waals surface area contributed by atoms with Gasteiger partial charge in [0.25, 0.3) is 0 Å². The molecule has 368 valence electrons. The minimum Gasteiger partial charge on any atom is -0.462 e. The molecule has 0 aliphatic heterocycles. The fourth-order valence-corrected chi connectivity index (χ4v) is 6.70. The highest BCUT2D eigenvalue weighted by Crippen LogP contribution is 2.12. The van der Waals surface area contributed by atoms with E-state index in [-0.39, 0.29) is 37.5 Å². The molecular formula is C59H96O6. The maximum atomic E-state index is 12.8. The second kappa shape index (κ2) is 52.7. The lowest BCUT2D eigenvalue weighted by Gasteiger charge is -2.18. The zero-order valence-corrected chi connectivity index (χ0v) is 42.0. The molecule has 0 rings (SSSR count). The van der Waals surface area contributed by atoms with Crippen LogP contribution in [0.2, 0.25) is 0 Å². The first-order chi connectivity index (χ1) is 32.0. The highest BCUT2D eigenvalue weighted by atomic mass is 16.6. The second-order valence-electron chi connectivity index (χ2n) is 17.1. The molecule has 65 heavy (non-hydrogen) atoms. The monoisotopic (exact) mass is 901 g/mol. The Kier molecular flexibility index (Phi) is 49.5. The van der Waals surface area contributed by atoms with E-state index < -0.39 is 6.10 Å². The molecule has 0 aromatic rings. The van der Waals surface area contributed by atoms with Crippen LogP contribution in [0.25, 0.3) is 0 Å². The Balaban J connectivity index is 4.52. The molecule has 0 radical (unpaired) electrons. The van der Waals surface area contributed by atoms with Gasteiger partial charge in [-0.2, -0.15) is 0 Å². The number of unbranched alkanes of at least 4 members (excludes halogenated alkanes) is 17. The van der Waals surface area contributed by atoms with Gasteiger partial charge in [0.1, 0.15) is 13.2 Å². The lowest BCUT2D eigenvalue weighted by atomic mass is 10.1. The zero-order valence-electron chi connectivity index (χ0n) is 42.0. The Morgan fingerprint density at radius 2 is 0.600 bits per heavy atom. The average Bonchev–Trinajstić information content (AvgIpc) is 3.30. The number of carbonyl (C=O) groups excluding carboxylic acids is 3. The molecule has 0 N–H and O–H groups in total. The zero-order chi connectivity index (χ0) is 47.2. The molecule has 0 aliphatic carbocycles. The fraction of sp³-hybridized carbons (Fsp3) is 0.644. The van der Waals surface area contributed by atoms with Crippen LogP contribution in [0.4, 0.5) is 0 Å². The lowest BCUT2D eigenvalue weighted by Crippen LogP contribution is -2.30. The van der Waals surface area contributed by atoms with Crippen molar-refractivity contribution in [3.63, 3.8) is 0 Å². The maximum Gasteiger partial charge on any atom is 0.306 e. The summed E-state index contributed by atoms with van der Waals surface area (Å²) >= 11 is 0. The SMILES string of the molecule is CCCC/C=C\CCCCCCCC(=O)O[C@H](COC(=O)CC/C=C\C/C=C\C/C=C\C/C=C\C/C=C\CCCCC)COC(=O)CCCCCC/C=C\C/C=C\C/C=C\CCCCC. The molecule has 0 spiro atoms. The molecule has 0 aliphatic rings. The molecular weight excluding hydrogens is 805 g/mol. The first-order valence-electron chi connectivity index (χ1n) is 26.4. The van der Waals surface area contributed by atoms with Crippen LogP contribution in [0, 0.1) is 0 Å². The van der Waals surface area contributed by atoms with E-state index in [1.54, 1.807) is 0 Å². The number of hydrogen-bond acceptors (Lipinski definition) is 6. The molecule has 6 heteroatoms. The van der Waals surface area contributed by atoms with E-state index in [2.05, 4.69) is 124 Å². The van der Waals surface area contributed by atoms with Crippen LogP contribution < -0.4 is 0 Å². The van der Waals surface area contributed by atoms with E-state index in [4.69, 9.17) is 14.2 Å². The van der Waals surface area contributed by atoms with Crippen molar-refractivity contribution in [1.29, 1.82) is 0 Å². The highest BCUT2D eigenvalue weighted by Gasteiger charge is 2.19. The van der Waals surface area contributed by atoms with Crippen molar-refractivity contribution in [2.24, 2.45) is 0 Å². The minimum absolute atomic E-state index is 0.118. The topological polar surface area (TPSA) is 78.9 Å². The number of ether oxygens (including phenoxy) is 3. The number of carbonyl (C=O) groups is 3. The average molecular weight is 901 g/mol. The minimum atomic E-state index is -0.823. The molecule has 0 bridgehead atoms. The van der Waals surface area contributed by atoms with Crippen LogP contribution in [0.5, 0.6) is 0 Å². The van der Waals surface area contributed by atoms with Crippen LogP contribution in [-0.4, -0.2) is 37.2 Å². The van der Waals surface area contributed by atoms with Crippen LogP contribution in [0.3, 0.4) is 0 Å². The van der Waals surface area contributed by atoms with Gasteiger partial charge in [-0.25, -0.2) is 0 Å². The summed E-state index contributed by atoms with van der Waals surface area (Å²) in [5.41, 5.74) is 0. The van der Waals surface area contributed by atoms with Crippen molar-refractivity contribution in [3.05, 3.63) is 109 Å². The quantitative estimate of drug-likeness (QED) is 0.0262. The fourth-order valence-electron chi connectivity index (χ4n) is 6.70. The van der Waals surface area contributed by atoms with Gasteiger partial charge in [-0.1, -0.05) is 201 Å². The molecule has 1 atom stereocenters. The van der Waals surface area contributed by atoms with Crippen molar-refractivity contribution in [3.8, 4) is 0 Å². The van der Waals surface area contributed by atoms with Crippen molar-refractivity contribution in [2.45, 2.75) is 232 Å². The molecule has 0 aromatic heterocycles. The Morgan fingerprint density at radius 1 is 0.308 bits per heavy atom. The Hall–Kier alpha value is -3.93. The van der Waals surface area contributed by atoms with Crippen molar-refractivity contribution < 1.29 is 28.6 Å². The molecule has 0 unspecified atom stereocenters. The van der Waals surface area contributed by atoms with Gasteiger partial charge >= 0.3 is 17.9 Å². The van der Waals surface area contributed by atoms with E-state index in [1.165, 1.54) is 77.0 Å². The number of esters is 3. The summed E-state index contributed by atoms with van der Waals surface area (Å²) in [7, 11) is 0.